The Morgan fingerprint density at radius 2 is 1.96 bits per heavy atom. The first kappa shape index (κ1) is 17.5. The molecular formula is C20H24FN2O2S+. The summed E-state index contributed by atoms with van der Waals surface area (Å²) in [6.45, 7) is 0. The van der Waals surface area contributed by atoms with Crippen molar-refractivity contribution in [2.75, 3.05) is 19.4 Å². The molecule has 2 aliphatic rings. The van der Waals surface area contributed by atoms with Crippen LogP contribution in [-0.2, 0) is 4.74 Å². The number of hydrogen-bond acceptors (Lipinski definition) is 3. The van der Waals surface area contributed by atoms with E-state index in [1.165, 1.54) is 36.3 Å². The van der Waals surface area contributed by atoms with Gasteiger partial charge in [0, 0.05) is 36.1 Å². The van der Waals surface area contributed by atoms with Gasteiger partial charge in [0.25, 0.3) is 0 Å². The van der Waals surface area contributed by atoms with Crippen molar-refractivity contribution in [1.29, 1.82) is 0 Å². The number of amides is 1. The summed E-state index contributed by atoms with van der Waals surface area (Å²) in [5.74, 6) is -0.323. The second-order valence-electron chi connectivity index (χ2n) is 7.81. The Bertz CT molecular complexity index is 790. The van der Waals surface area contributed by atoms with Gasteiger partial charge in [-0.2, -0.15) is 0 Å². The van der Waals surface area contributed by atoms with Crippen LogP contribution in [0.4, 0.5) is 14.9 Å². The van der Waals surface area contributed by atoms with E-state index in [-0.39, 0.29) is 11.9 Å². The third-order valence-electron chi connectivity index (χ3n) is 6.06. The summed E-state index contributed by atoms with van der Waals surface area (Å²) in [6, 6.07) is 9.35. The van der Waals surface area contributed by atoms with Crippen LogP contribution in [0.25, 0.3) is 10.4 Å². The minimum absolute atomic E-state index is 0.0377. The van der Waals surface area contributed by atoms with E-state index in [0.29, 0.717) is 23.3 Å². The Morgan fingerprint density at radius 1 is 1.23 bits per heavy atom. The largest absolute Gasteiger partial charge is 0.445 e. The molecule has 1 amide bonds. The maximum atomic E-state index is 13.7. The molecule has 0 saturated carbocycles. The maximum absolute atomic E-state index is 13.7. The standard InChI is InChI=1S/C20H23FN2O2S/c1-23(2)14-6-7-15(23)12-16(11-14)25-20(24)22-18-8-5-13(21)10-17(18)19-4-3-9-26-19/h3-5,8-10,14-16H,6-7,11-12H2,1-2H3/p+1/t14-,15+,16?. The number of piperidine rings is 1. The molecule has 138 valence electrons. The Kier molecular flexibility index (Phi) is 4.49. The highest BCUT2D eigenvalue weighted by atomic mass is 32.1. The Labute approximate surface area is 157 Å². The summed E-state index contributed by atoms with van der Waals surface area (Å²) < 4.78 is 20.4. The van der Waals surface area contributed by atoms with Gasteiger partial charge >= 0.3 is 6.09 Å². The predicted octanol–water partition coefficient (Wildman–Crippen LogP) is 4.87. The summed E-state index contributed by atoms with van der Waals surface area (Å²) in [4.78, 5) is 13.4. The summed E-state index contributed by atoms with van der Waals surface area (Å²) in [6.07, 6.45) is 3.76. The van der Waals surface area contributed by atoms with Crippen LogP contribution in [0.3, 0.4) is 0 Å². The van der Waals surface area contributed by atoms with E-state index < -0.39 is 6.09 Å². The smallest absolute Gasteiger partial charge is 0.411 e. The van der Waals surface area contributed by atoms with Gasteiger partial charge in [-0.1, -0.05) is 6.07 Å². The van der Waals surface area contributed by atoms with Crippen molar-refractivity contribution in [3.63, 3.8) is 0 Å². The average Bonchev–Trinajstić information content (AvgIpc) is 3.13. The van der Waals surface area contributed by atoms with E-state index in [1.807, 2.05) is 17.5 Å². The molecule has 3 atom stereocenters. The Morgan fingerprint density at radius 3 is 2.62 bits per heavy atom. The molecule has 1 unspecified atom stereocenters. The summed E-state index contributed by atoms with van der Waals surface area (Å²) in [7, 11) is 4.56. The van der Waals surface area contributed by atoms with Crippen LogP contribution in [0, 0.1) is 5.82 Å². The molecule has 1 N–H and O–H groups in total. The number of halogens is 1. The van der Waals surface area contributed by atoms with Gasteiger partial charge in [-0.15, -0.1) is 11.3 Å². The Balaban J connectivity index is 1.45. The van der Waals surface area contributed by atoms with E-state index >= 15 is 0 Å². The first-order valence-electron chi connectivity index (χ1n) is 9.08. The topological polar surface area (TPSA) is 38.3 Å². The molecule has 2 aromatic rings. The highest BCUT2D eigenvalue weighted by Gasteiger charge is 2.49. The molecule has 2 fully saturated rings. The maximum Gasteiger partial charge on any atom is 0.411 e. The highest BCUT2D eigenvalue weighted by molar-refractivity contribution is 7.13. The number of carbonyl (C=O) groups is 1. The van der Waals surface area contributed by atoms with Crippen LogP contribution in [0.15, 0.2) is 35.7 Å². The summed E-state index contributed by atoms with van der Waals surface area (Å²) in [5.41, 5.74) is 1.26. The monoisotopic (exact) mass is 375 g/mol. The van der Waals surface area contributed by atoms with Gasteiger partial charge in [0.05, 0.1) is 31.9 Å². The molecule has 2 saturated heterocycles. The number of rotatable bonds is 3. The van der Waals surface area contributed by atoms with Gasteiger partial charge in [-0.05, 0) is 29.6 Å². The summed E-state index contributed by atoms with van der Waals surface area (Å²) >= 11 is 1.51. The summed E-state index contributed by atoms with van der Waals surface area (Å²) in [5, 5.41) is 4.75. The second-order valence-corrected chi connectivity index (χ2v) is 8.75. The van der Waals surface area contributed by atoms with Crippen LogP contribution in [0.1, 0.15) is 25.7 Å². The third kappa shape index (κ3) is 3.23. The zero-order valence-corrected chi connectivity index (χ0v) is 15.9. The number of carbonyl (C=O) groups excluding carboxylic acids is 1. The van der Waals surface area contributed by atoms with Crippen LogP contribution in [0.5, 0.6) is 0 Å². The first-order valence-corrected chi connectivity index (χ1v) is 9.96. The lowest BCUT2D eigenvalue weighted by atomic mass is 9.98. The van der Waals surface area contributed by atoms with E-state index in [1.54, 1.807) is 6.07 Å². The molecule has 4 rings (SSSR count). The molecule has 2 bridgehead atoms. The fourth-order valence-corrected chi connectivity index (χ4v) is 5.24. The van der Waals surface area contributed by atoms with Crippen molar-refractivity contribution in [2.24, 2.45) is 0 Å². The molecule has 6 heteroatoms. The van der Waals surface area contributed by atoms with Crippen LogP contribution in [-0.4, -0.2) is 42.9 Å². The molecular weight excluding hydrogens is 351 g/mol. The molecule has 26 heavy (non-hydrogen) atoms. The van der Waals surface area contributed by atoms with E-state index in [2.05, 4.69) is 19.4 Å². The number of fused-ring (bicyclic) bond motifs is 2. The van der Waals surface area contributed by atoms with Gasteiger partial charge in [-0.3, -0.25) is 5.32 Å². The molecule has 0 radical (unpaired) electrons. The zero-order chi connectivity index (χ0) is 18.3. The van der Waals surface area contributed by atoms with Crippen molar-refractivity contribution in [3.8, 4) is 10.4 Å². The fourth-order valence-electron chi connectivity index (χ4n) is 4.48. The minimum Gasteiger partial charge on any atom is -0.445 e. The van der Waals surface area contributed by atoms with Crippen molar-refractivity contribution in [1.82, 2.24) is 0 Å². The zero-order valence-electron chi connectivity index (χ0n) is 15.1. The normalized spacial score (nSPS) is 26.5. The van der Waals surface area contributed by atoms with Crippen molar-refractivity contribution in [3.05, 3.63) is 41.5 Å². The van der Waals surface area contributed by atoms with Crippen LogP contribution in [0.2, 0.25) is 0 Å². The lowest BCUT2D eigenvalue weighted by Gasteiger charge is -2.43. The van der Waals surface area contributed by atoms with Gasteiger partial charge < -0.3 is 9.22 Å². The predicted molar refractivity (Wildman–Crippen MR) is 102 cm³/mol. The van der Waals surface area contributed by atoms with Gasteiger partial charge in [0.1, 0.15) is 11.9 Å². The van der Waals surface area contributed by atoms with Gasteiger partial charge in [0.15, 0.2) is 0 Å². The third-order valence-corrected chi connectivity index (χ3v) is 6.97. The first-order chi connectivity index (χ1) is 12.4. The second kappa shape index (κ2) is 6.67. The van der Waals surface area contributed by atoms with Crippen molar-refractivity contribution in [2.45, 2.75) is 43.9 Å². The van der Waals surface area contributed by atoms with Crippen LogP contribution < -0.4 is 5.32 Å². The minimum atomic E-state index is -0.453. The van der Waals surface area contributed by atoms with E-state index in [4.69, 9.17) is 4.74 Å². The number of anilines is 1. The number of nitrogens with one attached hydrogen (secondary N) is 1. The number of hydrogen-bond donors (Lipinski definition) is 1. The van der Waals surface area contributed by atoms with E-state index in [0.717, 1.165) is 22.2 Å². The van der Waals surface area contributed by atoms with Gasteiger partial charge in [-0.25, -0.2) is 9.18 Å². The van der Waals surface area contributed by atoms with Gasteiger partial charge in [0.2, 0.25) is 0 Å². The molecule has 0 spiro atoms. The quantitative estimate of drug-likeness (QED) is 0.777. The molecule has 1 aromatic carbocycles. The van der Waals surface area contributed by atoms with Crippen molar-refractivity contribution < 1.29 is 18.4 Å². The van der Waals surface area contributed by atoms with Crippen molar-refractivity contribution >= 4 is 23.1 Å². The van der Waals surface area contributed by atoms with Crippen LogP contribution >= 0.6 is 11.3 Å². The molecule has 1 aromatic heterocycles. The SMILES string of the molecule is C[N+]1(C)[C@@H]2CC[C@H]1CC(OC(=O)Nc1ccc(F)cc1-c1cccs1)C2. The molecule has 3 heterocycles. The fraction of sp³-hybridized carbons (Fsp3) is 0.450. The number of nitrogens with zero attached hydrogens (tertiary/aromatic N) is 1. The highest BCUT2D eigenvalue weighted by Crippen LogP contribution is 2.40. The van der Waals surface area contributed by atoms with E-state index in [9.17, 15) is 9.18 Å². The average molecular weight is 375 g/mol. The number of ether oxygens (including phenoxy) is 1. The number of thiophene rings is 1. The molecule has 2 aliphatic heterocycles. The lowest BCUT2D eigenvalue weighted by molar-refractivity contribution is -0.931. The number of benzene rings is 1. The lowest BCUT2D eigenvalue weighted by Crippen LogP contribution is -2.56. The molecule has 4 nitrogen and oxygen atoms in total. The molecule has 0 aliphatic carbocycles. The Hall–Kier alpha value is -1.92. The number of quaternary nitrogens is 1.